The van der Waals surface area contributed by atoms with Gasteiger partial charge in [0.15, 0.2) is 5.02 Å². The van der Waals surface area contributed by atoms with Crippen molar-refractivity contribution in [1.82, 2.24) is 15.1 Å². The Hall–Kier alpha value is -2.42. The van der Waals surface area contributed by atoms with Crippen LogP contribution < -0.4 is 5.32 Å². The number of nitrogens with zero attached hydrogens (tertiary/aromatic N) is 3. The Morgan fingerprint density at radius 3 is 2.68 bits per heavy atom. The van der Waals surface area contributed by atoms with E-state index in [2.05, 4.69) is 10.4 Å². The minimum Gasteiger partial charge on any atom is -0.463 e. The third-order valence-corrected chi connectivity index (χ3v) is 2.98. The molecule has 0 atom stereocenters. The van der Waals surface area contributed by atoms with Gasteiger partial charge in [0.1, 0.15) is 6.54 Å². The van der Waals surface area contributed by atoms with Gasteiger partial charge in [0.2, 0.25) is 5.91 Å². The normalized spacial score (nSPS) is 11.2. The molecule has 1 rings (SSSR count). The number of carbonyl (C=O) groups excluding carboxylic acids is 2. The molecule has 0 aromatic carbocycles. The summed E-state index contributed by atoms with van der Waals surface area (Å²) in [4.78, 5) is 33.0. The Balaban J connectivity index is 2.76. The number of carbonyl (C=O) groups is 2. The first-order chi connectivity index (χ1) is 10.3. The maximum atomic E-state index is 11.8. The van der Waals surface area contributed by atoms with Gasteiger partial charge in [-0.25, -0.2) is 4.79 Å². The van der Waals surface area contributed by atoms with Crippen molar-refractivity contribution in [1.29, 1.82) is 0 Å². The fourth-order valence-electron chi connectivity index (χ4n) is 1.57. The Morgan fingerprint density at radius 2 is 2.18 bits per heavy atom. The number of hydrogen-bond acceptors (Lipinski definition) is 6. The lowest BCUT2D eigenvalue weighted by Gasteiger charge is -2.05. The van der Waals surface area contributed by atoms with Crippen molar-refractivity contribution in [2.75, 3.05) is 6.61 Å². The van der Waals surface area contributed by atoms with Crippen molar-refractivity contribution in [3.63, 3.8) is 0 Å². The van der Waals surface area contributed by atoms with Crippen LogP contribution in [-0.2, 0) is 20.9 Å². The molecule has 0 saturated heterocycles. The van der Waals surface area contributed by atoms with E-state index >= 15 is 0 Å². The lowest BCUT2D eigenvalue weighted by atomic mass is 10.4. The maximum Gasteiger partial charge on any atom is 0.408 e. The minimum atomic E-state index is -0.727. The molecule has 1 N–H and O–H groups in total. The highest BCUT2D eigenvalue weighted by Crippen LogP contribution is 2.26. The van der Waals surface area contributed by atoms with Crippen LogP contribution in [0, 0.1) is 17.0 Å². The first-order valence-corrected chi connectivity index (χ1v) is 6.66. The predicted molar refractivity (Wildman–Crippen MR) is 77.2 cm³/mol. The van der Waals surface area contributed by atoms with E-state index in [-0.39, 0.29) is 23.9 Å². The summed E-state index contributed by atoms with van der Waals surface area (Å²) in [7, 11) is 0. The lowest BCUT2D eigenvalue weighted by molar-refractivity contribution is -0.389. The van der Waals surface area contributed by atoms with Crippen LogP contribution in [0.2, 0.25) is 5.02 Å². The standard InChI is InChI=1S/C12H15ClN4O5/c1-4-22-10(19)5-7(2)14-9(18)6-16-8(3)11(13)12(15-16)17(20)21/h5H,4,6H2,1-3H3,(H,14,18)/b7-5+. The first kappa shape index (κ1) is 17.6. The molecular weight excluding hydrogens is 316 g/mol. The molecule has 0 aliphatic carbocycles. The van der Waals surface area contributed by atoms with Crippen molar-refractivity contribution in [2.24, 2.45) is 0 Å². The fraction of sp³-hybridized carbons (Fsp3) is 0.417. The van der Waals surface area contributed by atoms with Gasteiger partial charge in [-0.3, -0.25) is 4.79 Å². The number of halogens is 1. The van der Waals surface area contributed by atoms with Gasteiger partial charge in [-0.15, -0.1) is 0 Å². The molecule has 9 nitrogen and oxygen atoms in total. The molecule has 0 spiro atoms. The number of amides is 1. The van der Waals surface area contributed by atoms with Gasteiger partial charge >= 0.3 is 11.8 Å². The van der Waals surface area contributed by atoms with Crippen molar-refractivity contribution < 1.29 is 19.2 Å². The van der Waals surface area contributed by atoms with Crippen LogP contribution in [0.1, 0.15) is 19.5 Å². The zero-order valence-corrected chi connectivity index (χ0v) is 13.0. The third-order valence-electron chi connectivity index (χ3n) is 2.54. The van der Waals surface area contributed by atoms with Crippen LogP contribution in [0.25, 0.3) is 0 Å². The quantitative estimate of drug-likeness (QED) is 0.364. The molecule has 0 bridgehead atoms. The van der Waals surface area contributed by atoms with Gasteiger partial charge in [-0.05, 0) is 25.7 Å². The Kier molecular flexibility index (Phi) is 6.05. The summed E-state index contributed by atoms with van der Waals surface area (Å²) in [6.07, 6.45) is 1.13. The van der Waals surface area contributed by atoms with E-state index in [4.69, 9.17) is 16.3 Å². The second kappa shape index (κ2) is 7.55. The number of aromatic nitrogens is 2. The summed E-state index contributed by atoms with van der Waals surface area (Å²) in [5.41, 5.74) is 0.587. The van der Waals surface area contributed by atoms with E-state index in [9.17, 15) is 19.7 Å². The highest BCUT2D eigenvalue weighted by Gasteiger charge is 2.24. The molecule has 0 aliphatic rings. The second-order valence-corrected chi connectivity index (χ2v) is 4.64. The van der Waals surface area contributed by atoms with Crippen molar-refractivity contribution in [2.45, 2.75) is 27.3 Å². The van der Waals surface area contributed by atoms with Gasteiger partial charge in [-0.2, -0.15) is 4.68 Å². The second-order valence-electron chi connectivity index (χ2n) is 4.27. The molecule has 22 heavy (non-hydrogen) atoms. The van der Waals surface area contributed by atoms with Gasteiger partial charge in [-0.1, -0.05) is 11.6 Å². The SMILES string of the molecule is CCOC(=O)/C=C(\C)NC(=O)Cn1nc([N+](=O)[O-])c(Cl)c1C. The minimum absolute atomic E-state index is 0.114. The summed E-state index contributed by atoms with van der Waals surface area (Å²) in [6, 6.07) is 0. The van der Waals surface area contributed by atoms with Gasteiger partial charge in [0.25, 0.3) is 0 Å². The van der Waals surface area contributed by atoms with E-state index in [1.165, 1.54) is 13.8 Å². The lowest BCUT2D eigenvalue weighted by Crippen LogP contribution is -2.27. The van der Waals surface area contributed by atoms with Gasteiger partial charge < -0.3 is 20.2 Å². The predicted octanol–water partition coefficient (Wildman–Crippen LogP) is 1.34. The van der Waals surface area contributed by atoms with Crippen molar-refractivity contribution in [3.8, 4) is 0 Å². The largest absolute Gasteiger partial charge is 0.463 e. The number of hydrogen-bond donors (Lipinski definition) is 1. The highest BCUT2D eigenvalue weighted by atomic mass is 35.5. The number of rotatable bonds is 6. The summed E-state index contributed by atoms with van der Waals surface area (Å²) in [5, 5.41) is 16.7. The van der Waals surface area contributed by atoms with Crippen LogP contribution in [0.4, 0.5) is 5.82 Å². The average molecular weight is 331 g/mol. The molecule has 0 fully saturated rings. The fourth-order valence-corrected chi connectivity index (χ4v) is 1.78. The molecule has 1 aromatic heterocycles. The molecule has 0 aliphatic heterocycles. The van der Waals surface area contributed by atoms with Crippen LogP contribution in [0.3, 0.4) is 0 Å². The topological polar surface area (TPSA) is 116 Å². The number of ether oxygens (including phenoxy) is 1. The summed E-state index contributed by atoms with van der Waals surface area (Å²) < 4.78 is 5.82. The molecule has 0 unspecified atom stereocenters. The van der Waals surface area contributed by atoms with Crippen LogP contribution >= 0.6 is 11.6 Å². The third kappa shape index (κ3) is 4.55. The van der Waals surface area contributed by atoms with E-state index in [0.29, 0.717) is 5.69 Å². The molecule has 1 amide bonds. The molecule has 1 aromatic rings. The van der Waals surface area contributed by atoms with E-state index < -0.39 is 22.6 Å². The zero-order valence-electron chi connectivity index (χ0n) is 12.3. The number of allylic oxidation sites excluding steroid dienone is 1. The average Bonchev–Trinajstić information content (AvgIpc) is 2.67. The van der Waals surface area contributed by atoms with Gasteiger partial charge in [0, 0.05) is 11.8 Å². The molecule has 0 radical (unpaired) electrons. The number of esters is 1. The summed E-state index contributed by atoms with van der Waals surface area (Å²) in [5.74, 6) is -1.59. The first-order valence-electron chi connectivity index (χ1n) is 6.28. The van der Waals surface area contributed by atoms with Crippen LogP contribution in [0.15, 0.2) is 11.8 Å². The van der Waals surface area contributed by atoms with Crippen LogP contribution in [0.5, 0.6) is 0 Å². The highest BCUT2D eigenvalue weighted by molar-refractivity contribution is 6.33. The Labute approximate surface area is 131 Å². The number of nitro groups is 1. The van der Waals surface area contributed by atoms with Gasteiger partial charge in [0.05, 0.1) is 17.4 Å². The zero-order chi connectivity index (χ0) is 16.9. The van der Waals surface area contributed by atoms with Crippen molar-refractivity contribution >= 4 is 29.3 Å². The Bertz CT molecular complexity index is 638. The monoisotopic (exact) mass is 330 g/mol. The maximum absolute atomic E-state index is 11.8. The van der Waals surface area contributed by atoms with E-state index in [1.807, 2.05) is 0 Å². The van der Waals surface area contributed by atoms with Crippen molar-refractivity contribution in [3.05, 3.63) is 32.6 Å². The summed E-state index contributed by atoms with van der Waals surface area (Å²) >= 11 is 5.77. The van der Waals surface area contributed by atoms with E-state index in [0.717, 1.165) is 10.8 Å². The smallest absolute Gasteiger partial charge is 0.408 e. The summed E-state index contributed by atoms with van der Waals surface area (Å²) in [6.45, 7) is 4.65. The molecule has 0 saturated carbocycles. The molecule has 120 valence electrons. The Morgan fingerprint density at radius 1 is 1.55 bits per heavy atom. The molecule has 10 heteroatoms. The van der Waals surface area contributed by atoms with Crippen LogP contribution in [-0.4, -0.2) is 33.2 Å². The van der Waals surface area contributed by atoms with E-state index in [1.54, 1.807) is 6.92 Å². The number of nitrogens with one attached hydrogen (secondary N) is 1. The molecular formula is C12H15ClN4O5. The molecule has 1 heterocycles.